The predicted molar refractivity (Wildman–Crippen MR) is 69.2 cm³/mol. The normalized spacial score (nSPS) is 39.2. The second-order valence-electron chi connectivity index (χ2n) is 5.74. The van der Waals surface area contributed by atoms with Crippen LogP contribution in [0.4, 0.5) is 0 Å². The smallest absolute Gasteiger partial charge is 0.263 e. The molecule has 3 rings (SSSR count). The highest BCUT2D eigenvalue weighted by Crippen LogP contribution is 2.31. The van der Waals surface area contributed by atoms with Gasteiger partial charge in [-0.15, -0.1) is 0 Å². The zero-order valence-corrected chi connectivity index (χ0v) is 11.2. The van der Waals surface area contributed by atoms with Crippen LogP contribution in [0.1, 0.15) is 32.1 Å². The van der Waals surface area contributed by atoms with E-state index >= 15 is 0 Å². The lowest BCUT2D eigenvalue weighted by molar-refractivity contribution is -0.133. The molecule has 2 aliphatic heterocycles. The summed E-state index contributed by atoms with van der Waals surface area (Å²) in [5, 5.41) is 0. The van der Waals surface area contributed by atoms with E-state index in [1.165, 1.54) is 19.3 Å². The minimum atomic E-state index is -0.365. The maximum Gasteiger partial charge on any atom is 0.263 e. The molecule has 3 aliphatic rings. The van der Waals surface area contributed by atoms with E-state index in [9.17, 15) is 4.79 Å². The zero-order valence-electron chi connectivity index (χ0n) is 11.2. The summed E-state index contributed by atoms with van der Waals surface area (Å²) >= 11 is 0. The summed E-state index contributed by atoms with van der Waals surface area (Å²) in [5.41, 5.74) is 2.17. The highest BCUT2D eigenvalue weighted by molar-refractivity contribution is 5.80. The van der Waals surface area contributed by atoms with Crippen molar-refractivity contribution in [3.05, 3.63) is 0 Å². The van der Waals surface area contributed by atoms with Crippen LogP contribution < -0.4 is 11.3 Å². The summed E-state index contributed by atoms with van der Waals surface area (Å²) in [6.07, 6.45) is 5.58. The molecule has 0 radical (unpaired) electrons. The van der Waals surface area contributed by atoms with Gasteiger partial charge >= 0.3 is 0 Å². The first-order valence-electron chi connectivity index (χ1n) is 7.29. The zero-order chi connectivity index (χ0) is 13.2. The molecule has 0 aromatic carbocycles. The standard InChI is InChI=1S/C13H23N3O3/c14-15-13(17)12-5-4-9(19-12)8-16-6-7-18-11-3-1-2-10(11)16/h9-12H,1-8,14H2,(H,15,17). The maximum atomic E-state index is 11.4. The summed E-state index contributed by atoms with van der Waals surface area (Å²) in [6.45, 7) is 2.72. The lowest BCUT2D eigenvalue weighted by Gasteiger charge is -2.38. The second-order valence-corrected chi connectivity index (χ2v) is 5.74. The van der Waals surface area contributed by atoms with Crippen LogP contribution in [0.2, 0.25) is 0 Å². The number of hydrogen-bond acceptors (Lipinski definition) is 5. The number of carbonyl (C=O) groups excluding carboxylic acids is 1. The van der Waals surface area contributed by atoms with E-state index in [1.54, 1.807) is 0 Å². The Bertz CT molecular complexity index is 339. The summed E-state index contributed by atoms with van der Waals surface area (Å²) < 4.78 is 11.6. The van der Waals surface area contributed by atoms with Gasteiger partial charge < -0.3 is 9.47 Å². The van der Waals surface area contributed by atoms with Crippen LogP contribution in [-0.2, 0) is 14.3 Å². The van der Waals surface area contributed by atoms with Crippen LogP contribution in [0.25, 0.3) is 0 Å². The molecule has 0 aromatic heterocycles. The quantitative estimate of drug-likeness (QED) is 0.421. The Labute approximate surface area is 113 Å². The van der Waals surface area contributed by atoms with Crippen molar-refractivity contribution < 1.29 is 14.3 Å². The number of amides is 1. The lowest BCUT2D eigenvalue weighted by atomic mass is 10.1. The fourth-order valence-corrected chi connectivity index (χ4v) is 3.62. The first kappa shape index (κ1) is 13.3. The number of hydrogen-bond donors (Lipinski definition) is 2. The third-order valence-electron chi connectivity index (χ3n) is 4.58. The van der Waals surface area contributed by atoms with Crippen molar-refractivity contribution in [2.45, 2.75) is 56.5 Å². The van der Waals surface area contributed by atoms with E-state index in [-0.39, 0.29) is 18.1 Å². The monoisotopic (exact) mass is 269 g/mol. The first-order chi connectivity index (χ1) is 9.28. The lowest BCUT2D eigenvalue weighted by Crippen LogP contribution is -2.51. The number of rotatable bonds is 3. The van der Waals surface area contributed by atoms with Gasteiger partial charge in [-0.1, -0.05) is 0 Å². The van der Waals surface area contributed by atoms with Crippen LogP contribution in [0.5, 0.6) is 0 Å². The second kappa shape index (κ2) is 5.75. The van der Waals surface area contributed by atoms with Crippen LogP contribution in [0, 0.1) is 0 Å². The molecule has 19 heavy (non-hydrogen) atoms. The summed E-state index contributed by atoms with van der Waals surface area (Å²) in [7, 11) is 0. The van der Waals surface area contributed by atoms with Gasteiger partial charge in [0.25, 0.3) is 5.91 Å². The molecule has 3 fully saturated rings. The number of morpholine rings is 1. The fraction of sp³-hybridized carbons (Fsp3) is 0.923. The van der Waals surface area contributed by atoms with Crippen LogP contribution in [-0.4, -0.2) is 54.9 Å². The van der Waals surface area contributed by atoms with Crippen molar-refractivity contribution in [3.8, 4) is 0 Å². The molecule has 0 bridgehead atoms. The van der Waals surface area contributed by atoms with Gasteiger partial charge in [-0.2, -0.15) is 0 Å². The largest absolute Gasteiger partial charge is 0.375 e. The van der Waals surface area contributed by atoms with Gasteiger partial charge in [0.2, 0.25) is 0 Å². The average Bonchev–Trinajstić information content (AvgIpc) is 3.07. The molecule has 1 saturated carbocycles. The van der Waals surface area contributed by atoms with E-state index in [4.69, 9.17) is 15.3 Å². The first-order valence-corrected chi connectivity index (χ1v) is 7.29. The van der Waals surface area contributed by atoms with Gasteiger partial charge in [-0.05, 0) is 32.1 Å². The number of ether oxygens (including phenoxy) is 2. The van der Waals surface area contributed by atoms with Gasteiger partial charge in [0.1, 0.15) is 6.10 Å². The summed E-state index contributed by atoms with van der Waals surface area (Å²) in [6, 6.07) is 0.555. The molecule has 6 nitrogen and oxygen atoms in total. The number of fused-ring (bicyclic) bond motifs is 1. The number of nitrogens with zero attached hydrogens (tertiary/aromatic N) is 1. The maximum absolute atomic E-state index is 11.4. The van der Waals surface area contributed by atoms with Crippen molar-refractivity contribution in [1.82, 2.24) is 10.3 Å². The topological polar surface area (TPSA) is 76.8 Å². The van der Waals surface area contributed by atoms with Crippen LogP contribution in [0.15, 0.2) is 0 Å². The number of carbonyl (C=O) groups is 1. The van der Waals surface area contributed by atoms with E-state index < -0.39 is 0 Å². The Morgan fingerprint density at radius 2 is 2.21 bits per heavy atom. The van der Waals surface area contributed by atoms with Crippen molar-refractivity contribution in [2.75, 3.05) is 19.7 Å². The molecule has 108 valence electrons. The van der Waals surface area contributed by atoms with Crippen LogP contribution >= 0.6 is 0 Å². The molecule has 1 aliphatic carbocycles. The van der Waals surface area contributed by atoms with Gasteiger partial charge in [0.15, 0.2) is 0 Å². The molecule has 6 heteroatoms. The van der Waals surface area contributed by atoms with E-state index in [1.807, 2.05) is 0 Å². The SMILES string of the molecule is NNC(=O)C1CCC(CN2CCOC3CCCC32)O1. The predicted octanol–water partition coefficient (Wildman–Crippen LogP) is -0.223. The Balaban J connectivity index is 1.53. The minimum Gasteiger partial charge on any atom is -0.375 e. The number of nitrogens with two attached hydrogens (primary N) is 1. The third kappa shape index (κ3) is 2.76. The van der Waals surface area contributed by atoms with Gasteiger partial charge in [-0.25, -0.2) is 5.84 Å². The molecular formula is C13H23N3O3. The van der Waals surface area contributed by atoms with E-state index in [2.05, 4.69) is 10.3 Å². The summed E-state index contributed by atoms with van der Waals surface area (Å²) in [4.78, 5) is 13.9. The van der Waals surface area contributed by atoms with Crippen molar-refractivity contribution in [2.24, 2.45) is 5.84 Å². The molecule has 3 N–H and O–H groups in total. The molecule has 4 unspecified atom stereocenters. The van der Waals surface area contributed by atoms with E-state index in [0.717, 1.165) is 32.5 Å². The molecule has 4 atom stereocenters. The van der Waals surface area contributed by atoms with Gasteiger partial charge in [0, 0.05) is 19.1 Å². The molecule has 0 spiro atoms. The Morgan fingerprint density at radius 1 is 1.32 bits per heavy atom. The molecule has 2 heterocycles. The van der Waals surface area contributed by atoms with Crippen molar-refractivity contribution in [3.63, 3.8) is 0 Å². The summed E-state index contributed by atoms with van der Waals surface area (Å²) in [5.74, 6) is 4.94. The van der Waals surface area contributed by atoms with Crippen molar-refractivity contribution >= 4 is 5.91 Å². The number of hydrazine groups is 1. The molecule has 0 aromatic rings. The van der Waals surface area contributed by atoms with Gasteiger partial charge in [0.05, 0.1) is 18.8 Å². The minimum absolute atomic E-state index is 0.154. The highest BCUT2D eigenvalue weighted by Gasteiger charge is 2.38. The Morgan fingerprint density at radius 3 is 3.05 bits per heavy atom. The Hall–Kier alpha value is -0.690. The van der Waals surface area contributed by atoms with Gasteiger partial charge in [-0.3, -0.25) is 15.1 Å². The molecular weight excluding hydrogens is 246 g/mol. The fourth-order valence-electron chi connectivity index (χ4n) is 3.62. The van der Waals surface area contributed by atoms with Crippen LogP contribution in [0.3, 0.4) is 0 Å². The van der Waals surface area contributed by atoms with E-state index in [0.29, 0.717) is 12.1 Å². The molecule has 2 saturated heterocycles. The van der Waals surface area contributed by atoms with Crippen molar-refractivity contribution in [1.29, 1.82) is 0 Å². The molecule has 1 amide bonds. The third-order valence-corrected chi connectivity index (χ3v) is 4.58. The number of nitrogens with one attached hydrogen (secondary N) is 1. The highest BCUT2D eigenvalue weighted by atomic mass is 16.5. The Kier molecular flexibility index (Phi) is 4.02. The average molecular weight is 269 g/mol.